The van der Waals surface area contributed by atoms with E-state index in [9.17, 15) is 0 Å². The minimum atomic E-state index is 0.657. The molecule has 5 nitrogen and oxygen atoms in total. The molecule has 0 aliphatic rings. The minimum absolute atomic E-state index is 0.657. The number of halogens is 1. The van der Waals surface area contributed by atoms with Crippen molar-refractivity contribution in [2.75, 3.05) is 6.54 Å². The number of hydrogen-bond donors (Lipinski definition) is 1. The first-order valence-corrected chi connectivity index (χ1v) is 6.26. The van der Waals surface area contributed by atoms with Crippen molar-refractivity contribution in [1.82, 2.24) is 25.5 Å². The Kier molecular flexibility index (Phi) is 3.86. The molecule has 0 bridgehead atoms. The predicted octanol–water partition coefficient (Wildman–Crippen LogP) is 1.84. The first-order chi connectivity index (χ1) is 8.24. The lowest BCUT2D eigenvalue weighted by molar-refractivity contribution is 0.663. The van der Waals surface area contributed by atoms with E-state index in [0.29, 0.717) is 6.54 Å². The van der Waals surface area contributed by atoms with Crippen LogP contribution in [-0.2, 0) is 6.54 Å². The highest BCUT2D eigenvalue weighted by Crippen LogP contribution is 2.24. The number of aryl methyl sites for hydroxylation is 1. The summed E-state index contributed by atoms with van der Waals surface area (Å²) >= 11 is 3.57. The Morgan fingerprint density at radius 1 is 1.41 bits per heavy atom. The largest absolute Gasteiger partial charge is 0.310 e. The van der Waals surface area contributed by atoms with Crippen molar-refractivity contribution in [1.29, 1.82) is 0 Å². The third-order valence-electron chi connectivity index (χ3n) is 2.47. The molecule has 1 aromatic heterocycles. The molecule has 0 radical (unpaired) electrons. The van der Waals surface area contributed by atoms with Gasteiger partial charge in [-0.2, -0.15) is 4.68 Å². The number of benzene rings is 1. The van der Waals surface area contributed by atoms with Crippen molar-refractivity contribution in [2.45, 2.75) is 20.4 Å². The van der Waals surface area contributed by atoms with Gasteiger partial charge in [-0.3, -0.25) is 0 Å². The maximum Gasteiger partial charge on any atom is 0.170 e. The zero-order chi connectivity index (χ0) is 12.3. The second-order valence-electron chi connectivity index (χ2n) is 3.70. The van der Waals surface area contributed by atoms with Crippen LogP contribution in [0.2, 0.25) is 0 Å². The summed E-state index contributed by atoms with van der Waals surface area (Å²) in [7, 11) is 0. The minimum Gasteiger partial charge on any atom is -0.310 e. The van der Waals surface area contributed by atoms with E-state index in [-0.39, 0.29) is 0 Å². The lowest BCUT2D eigenvalue weighted by atomic mass is 10.2. The average molecular weight is 296 g/mol. The normalized spacial score (nSPS) is 10.8. The van der Waals surface area contributed by atoms with Gasteiger partial charge in [-0.1, -0.05) is 19.1 Å². The average Bonchev–Trinajstić information content (AvgIpc) is 2.78. The Morgan fingerprint density at radius 3 is 3.00 bits per heavy atom. The summed E-state index contributed by atoms with van der Waals surface area (Å²) < 4.78 is 2.77. The summed E-state index contributed by atoms with van der Waals surface area (Å²) in [5.74, 6) is 0.804. The summed E-state index contributed by atoms with van der Waals surface area (Å²) in [6.07, 6.45) is 0. The first kappa shape index (κ1) is 12.2. The predicted molar refractivity (Wildman–Crippen MR) is 69.0 cm³/mol. The molecule has 1 aromatic carbocycles. The van der Waals surface area contributed by atoms with Crippen LogP contribution in [0.3, 0.4) is 0 Å². The van der Waals surface area contributed by atoms with Crippen molar-refractivity contribution in [3.05, 3.63) is 34.1 Å². The standard InChI is InChI=1S/C11H14BrN5/c1-3-13-7-10-14-15-16-17(10)9-6-4-5-8(2)11(9)12/h4-6,13H,3,7H2,1-2H3. The van der Waals surface area contributed by atoms with Crippen LogP contribution in [0.1, 0.15) is 18.3 Å². The molecule has 1 N–H and O–H groups in total. The summed E-state index contributed by atoms with van der Waals surface area (Å²) in [6, 6.07) is 6.03. The van der Waals surface area contributed by atoms with Crippen LogP contribution in [0, 0.1) is 6.92 Å². The summed E-state index contributed by atoms with van der Waals surface area (Å²) in [5.41, 5.74) is 2.12. The lowest BCUT2D eigenvalue weighted by Gasteiger charge is -2.08. The molecule has 0 unspecified atom stereocenters. The molecule has 1 heterocycles. The number of rotatable bonds is 4. The van der Waals surface area contributed by atoms with E-state index >= 15 is 0 Å². The molecule has 0 saturated heterocycles. The lowest BCUT2D eigenvalue weighted by Crippen LogP contribution is -2.16. The Balaban J connectivity index is 2.39. The smallest absolute Gasteiger partial charge is 0.170 e. The van der Waals surface area contributed by atoms with Crippen molar-refractivity contribution in [2.24, 2.45) is 0 Å². The van der Waals surface area contributed by atoms with Crippen LogP contribution < -0.4 is 5.32 Å². The van der Waals surface area contributed by atoms with E-state index in [1.165, 1.54) is 0 Å². The maximum absolute atomic E-state index is 4.03. The van der Waals surface area contributed by atoms with Gasteiger partial charge in [0.15, 0.2) is 5.82 Å². The van der Waals surface area contributed by atoms with Crippen molar-refractivity contribution >= 4 is 15.9 Å². The highest BCUT2D eigenvalue weighted by atomic mass is 79.9. The molecular weight excluding hydrogens is 282 g/mol. The summed E-state index contributed by atoms with van der Waals surface area (Å²) in [6.45, 7) is 5.64. The topological polar surface area (TPSA) is 55.6 Å². The van der Waals surface area contributed by atoms with Gasteiger partial charge in [-0.25, -0.2) is 0 Å². The van der Waals surface area contributed by atoms with Crippen LogP contribution in [0.25, 0.3) is 5.69 Å². The first-order valence-electron chi connectivity index (χ1n) is 5.47. The van der Waals surface area contributed by atoms with Gasteiger partial charge in [0.25, 0.3) is 0 Å². The molecule has 6 heteroatoms. The van der Waals surface area contributed by atoms with Gasteiger partial charge in [-0.05, 0) is 51.5 Å². The zero-order valence-electron chi connectivity index (χ0n) is 9.81. The van der Waals surface area contributed by atoms with Gasteiger partial charge < -0.3 is 5.32 Å². The number of hydrogen-bond acceptors (Lipinski definition) is 4. The molecule has 2 rings (SSSR count). The number of aromatic nitrogens is 4. The zero-order valence-corrected chi connectivity index (χ0v) is 11.4. The van der Waals surface area contributed by atoms with Crippen molar-refractivity contribution < 1.29 is 0 Å². The second-order valence-corrected chi connectivity index (χ2v) is 4.49. The van der Waals surface area contributed by atoms with Gasteiger partial charge in [0.2, 0.25) is 0 Å². The number of nitrogens with one attached hydrogen (secondary N) is 1. The van der Waals surface area contributed by atoms with E-state index < -0.39 is 0 Å². The van der Waals surface area contributed by atoms with E-state index in [4.69, 9.17) is 0 Å². The van der Waals surface area contributed by atoms with Gasteiger partial charge in [0.05, 0.1) is 12.2 Å². The van der Waals surface area contributed by atoms with Crippen molar-refractivity contribution in [3.8, 4) is 5.69 Å². The molecule has 90 valence electrons. The van der Waals surface area contributed by atoms with Crippen molar-refractivity contribution in [3.63, 3.8) is 0 Å². The molecule has 2 aromatic rings. The Labute approximate surface area is 108 Å². The quantitative estimate of drug-likeness (QED) is 0.935. The van der Waals surface area contributed by atoms with Crippen LogP contribution in [-0.4, -0.2) is 26.8 Å². The number of tetrazole rings is 1. The van der Waals surface area contributed by atoms with Crippen LogP contribution >= 0.6 is 15.9 Å². The van der Waals surface area contributed by atoms with E-state index in [2.05, 4.69) is 43.7 Å². The molecule has 0 atom stereocenters. The van der Waals surface area contributed by atoms with Gasteiger partial charge in [0, 0.05) is 4.47 Å². The summed E-state index contributed by atoms with van der Waals surface area (Å²) in [5, 5.41) is 15.0. The molecular formula is C11H14BrN5. The monoisotopic (exact) mass is 295 g/mol. The van der Waals surface area contributed by atoms with Crippen LogP contribution in [0.5, 0.6) is 0 Å². The molecule has 0 spiro atoms. The molecule has 0 saturated carbocycles. The molecule has 0 amide bonds. The van der Waals surface area contributed by atoms with Crippen LogP contribution in [0.4, 0.5) is 0 Å². The van der Waals surface area contributed by atoms with E-state index in [1.807, 2.05) is 25.1 Å². The van der Waals surface area contributed by atoms with Crippen LogP contribution in [0.15, 0.2) is 22.7 Å². The maximum atomic E-state index is 4.03. The van der Waals surface area contributed by atoms with E-state index in [1.54, 1.807) is 4.68 Å². The summed E-state index contributed by atoms with van der Waals surface area (Å²) in [4.78, 5) is 0. The Bertz CT molecular complexity index is 508. The van der Waals surface area contributed by atoms with Gasteiger partial charge >= 0.3 is 0 Å². The highest BCUT2D eigenvalue weighted by Gasteiger charge is 2.11. The molecule has 0 aliphatic carbocycles. The molecule has 0 aliphatic heterocycles. The SMILES string of the molecule is CCNCc1nnnn1-c1cccc(C)c1Br. The fourth-order valence-corrected chi connectivity index (χ4v) is 1.97. The molecule has 0 fully saturated rings. The van der Waals surface area contributed by atoms with Gasteiger partial charge in [0.1, 0.15) is 0 Å². The fourth-order valence-electron chi connectivity index (χ4n) is 1.54. The molecule has 17 heavy (non-hydrogen) atoms. The number of nitrogens with zero attached hydrogens (tertiary/aromatic N) is 4. The third-order valence-corrected chi connectivity index (χ3v) is 3.50. The Hall–Kier alpha value is -1.27. The third kappa shape index (κ3) is 2.53. The fraction of sp³-hybridized carbons (Fsp3) is 0.364. The Morgan fingerprint density at radius 2 is 2.24 bits per heavy atom. The highest BCUT2D eigenvalue weighted by molar-refractivity contribution is 9.10. The van der Waals surface area contributed by atoms with Gasteiger partial charge in [-0.15, -0.1) is 5.10 Å². The van der Waals surface area contributed by atoms with E-state index in [0.717, 1.165) is 28.1 Å². The second kappa shape index (κ2) is 5.37.